The number of amides is 1. The lowest BCUT2D eigenvalue weighted by Crippen LogP contribution is -2.18. The summed E-state index contributed by atoms with van der Waals surface area (Å²) >= 11 is 1.21. The summed E-state index contributed by atoms with van der Waals surface area (Å²) in [7, 11) is -2.21. The van der Waals surface area contributed by atoms with Gasteiger partial charge in [0.05, 0.1) is 17.7 Å². The van der Waals surface area contributed by atoms with Crippen LogP contribution in [0.5, 0.6) is 5.75 Å². The number of nitrogens with zero attached hydrogens (tertiary/aromatic N) is 1. The number of benzene rings is 2. The molecule has 3 rings (SSSR count). The zero-order valence-electron chi connectivity index (χ0n) is 15.3. The van der Waals surface area contributed by atoms with Gasteiger partial charge in [0, 0.05) is 24.4 Å². The Morgan fingerprint density at radius 1 is 1.11 bits per heavy atom. The highest BCUT2D eigenvalue weighted by Gasteiger charge is 2.16. The summed E-state index contributed by atoms with van der Waals surface area (Å²) in [4.78, 5) is 15.5. The molecule has 0 spiro atoms. The number of carbonyl (C=O) groups is 1. The molecule has 0 aliphatic heterocycles. The molecular weight excluding hydrogens is 398 g/mol. The average molecular weight is 418 g/mol. The van der Waals surface area contributed by atoms with E-state index in [-0.39, 0.29) is 15.9 Å². The number of hydrogen-bond donors (Lipinski definition) is 2. The summed E-state index contributed by atoms with van der Waals surface area (Å²) in [6.07, 6.45) is 0. The maximum absolute atomic E-state index is 12.5. The molecule has 1 heterocycles. The van der Waals surface area contributed by atoms with E-state index in [9.17, 15) is 13.2 Å². The van der Waals surface area contributed by atoms with Crippen molar-refractivity contribution in [2.75, 3.05) is 11.8 Å². The van der Waals surface area contributed by atoms with E-state index in [0.29, 0.717) is 18.0 Å². The molecular formula is C19H19N3O4S2. The minimum absolute atomic E-state index is 0.0858. The number of sulfonamides is 1. The van der Waals surface area contributed by atoms with E-state index < -0.39 is 10.0 Å². The Morgan fingerprint density at radius 2 is 1.79 bits per heavy atom. The van der Waals surface area contributed by atoms with Crippen LogP contribution in [0, 0.1) is 0 Å². The number of hydrogen-bond acceptors (Lipinski definition) is 6. The fraction of sp³-hybridized carbons (Fsp3) is 0.158. The smallest absolute Gasteiger partial charge is 0.263 e. The molecule has 28 heavy (non-hydrogen) atoms. The van der Waals surface area contributed by atoms with Crippen LogP contribution in [0.25, 0.3) is 11.3 Å². The number of ether oxygens (including phenoxy) is 1. The second-order valence-corrected chi connectivity index (χ2v) is 8.47. The molecule has 9 heteroatoms. The number of methoxy groups -OCH3 is 1. The molecule has 0 bridgehead atoms. The van der Waals surface area contributed by atoms with Crippen LogP contribution < -0.4 is 14.8 Å². The highest BCUT2D eigenvalue weighted by molar-refractivity contribution is 7.93. The SMILES string of the molecule is COc1ccc(S(=O)(=O)Nc2nc(-c3ccc(CNC(C)=O)cc3)cs2)cc1. The summed E-state index contributed by atoms with van der Waals surface area (Å²) in [5.41, 5.74) is 2.50. The molecule has 0 saturated carbocycles. The molecule has 0 aliphatic carbocycles. The predicted octanol–water partition coefficient (Wildman–Crippen LogP) is 3.26. The molecule has 2 aromatic carbocycles. The van der Waals surface area contributed by atoms with Gasteiger partial charge in [-0.3, -0.25) is 9.52 Å². The van der Waals surface area contributed by atoms with Crippen molar-refractivity contribution in [3.05, 3.63) is 59.5 Å². The first-order chi connectivity index (χ1) is 13.4. The van der Waals surface area contributed by atoms with Gasteiger partial charge in [0.2, 0.25) is 5.91 Å². The molecule has 0 saturated heterocycles. The molecule has 2 N–H and O–H groups in total. The third-order valence-corrected chi connectivity index (χ3v) is 6.13. The number of carbonyl (C=O) groups excluding carboxylic acids is 1. The minimum atomic E-state index is -3.73. The number of anilines is 1. The standard InChI is InChI=1S/C19H19N3O4S2/c1-13(23)20-11-14-3-5-15(6-4-14)18-12-27-19(21-18)22-28(24,25)17-9-7-16(26-2)8-10-17/h3-10,12H,11H2,1-2H3,(H,20,23)(H,21,22). The first kappa shape index (κ1) is 19.8. The van der Waals surface area contributed by atoms with Gasteiger partial charge in [-0.1, -0.05) is 24.3 Å². The summed E-state index contributed by atoms with van der Waals surface area (Å²) in [6, 6.07) is 13.7. The van der Waals surface area contributed by atoms with Gasteiger partial charge in [-0.05, 0) is 29.8 Å². The Balaban J connectivity index is 1.71. The van der Waals surface area contributed by atoms with Crippen molar-refractivity contribution in [1.29, 1.82) is 0 Å². The minimum Gasteiger partial charge on any atom is -0.497 e. The van der Waals surface area contributed by atoms with Crippen LogP contribution in [0.15, 0.2) is 58.8 Å². The highest BCUT2D eigenvalue weighted by atomic mass is 32.2. The fourth-order valence-corrected chi connectivity index (χ4v) is 4.37. The Bertz CT molecular complexity index is 1060. The lowest BCUT2D eigenvalue weighted by Gasteiger charge is -2.06. The second-order valence-electron chi connectivity index (χ2n) is 5.93. The number of aromatic nitrogens is 1. The fourth-order valence-electron chi connectivity index (χ4n) is 2.40. The molecule has 7 nitrogen and oxygen atoms in total. The third-order valence-electron chi connectivity index (χ3n) is 3.89. The lowest BCUT2D eigenvalue weighted by atomic mass is 10.1. The van der Waals surface area contributed by atoms with Crippen LogP contribution in [0.2, 0.25) is 0 Å². The van der Waals surface area contributed by atoms with Crippen LogP contribution >= 0.6 is 11.3 Å². The number of nitrogens with one attached hydrogen (secondary N) is 2. The maximum atomic E-state index is 12.5. The predicted molar refractivity (Wildman–Crippen MR) is 109 cm³/mol. The van der Waals surface area contributed by atoms with Crippen molar-refractivity contribution in [2.24, 2.45) is 0 Å². The van der Waals surface area contributed by atoms with Gasteiger partial charge < -0.3 is 10.1 Å². The quantitative estimate of drug-likeness (QED) is 0.615. The molecule has 0 aliphatic rings. The molecule has 0 atom stereocenters. The molecule has 0 radical (unpaired) electrons. The van der Waals surface area contributed by atoms with Crippen LogP contribution in [-0.2, 0) is 21.4 Å². The summed E-state index contributed by atoms with van der Waals surface area (Å²) < 4.78 is 32.5. The van der Waals surface area contributed by atoms with Crippen LogP contribution in [0.4, 0.5) is 5.13 Å². The Labute approximate surface area is 167 Å². The van der Waals surface area contributed by atoms with Crippen LogP contribution in [0.1, 0.15) is 12.5 Å². The lowest BCUT2D eigenvalue weighted by molar-refractivity contribution is -0.119. The van der Waals surface area contributed by atoms with E-state index in [2.05, 4.69) is 15.0 Å². The van der Waals surface area contributed by atoms with Gasteiger partial charge in [0.15, 0.2) is 5.13 Å². The number of thiazole rings is 1. The summed E-state index contributed by atoms with van der Waals surface area (Å²) in [5, 5.41) is 4.81. The number of rotatable bonds is 7. The van der Waals surface area contributed by atoms with Gasteiger partial charge in [0.1, 0.15) is 5.75 Å². The van der Waals surface area contributed by atoms with Crippen molar-refractivity contribution >= 4 is 32.4 Å². The van der Waals surface area contributed by atoms with Gasteiger partial charge >= 0.3 is 0 Å². The van der Waals surface area contributed by atoms with Gasteiger partial charge in [-0.25, -0.2) is 13.4 Å². The maximum Gasteiger partial charge on any atom is 0.263 e. The van der Waals surface area contributed by atoms with Crippen molar-refractivity contribution in [3.8, 4) is 17.0 Å². The Kier molecular flexibility index (Phi) is 5.96. The van der Waals surface area contributed by atoms with Crippen LogP contribution in [0.3, 0.4) is 0 Å². The molecule has 1 amide bonds. The molecule has 0 fully saturated rings. The van der Waals surface area contributed by atoms with Crippen LogP contribution in [-0.4, -0.2) is 26.4 Å². The van der Waals surface area contributed by atoms with E-state index >= 15 is 0 Å². The largest absolute Gasteiger partial charge is 0.497 e. The molecule has 0 unspecified atom stereocenters. The zero-order valence-corrected chi connectivity index (χ0v) is 16.9. The summed E-state index contributed by atoms with van der Waals surface area (Å²) in [5.74, 6) is 0.495. The normalized spacial score (nSPS) is 11.1. The molecule has 146 valence electrons. The van der Waals surface area contributed by atoms with E-state index in [1.54, 1.807) is 17.5 Å². The molecule has 3 aromatic rings. The Morgan fingerprint density at radius 3 is 2.39 bits per heavy atom. The highest BCUT2D eigenvalue weighted by Crippen LogP contribution is 2.27. The first-order valence-electron chi connectivity index (χ1n) is 8.33. The van der Waals surface area contributed by atoms with Gasteiger partial charge in [-0.15, -0.1) is 11.3 Å². The van der Waals surface area contributed by atoms with E-state index in [4.69, 9.17) is 4.74 Å². The van der Waals surface area contributed by atoms with Crippen molar-refractivity contribution in [3.63, 3.8) is 0 Å². The van der Waals surface area contributed by atoms with Crippen molar-refractivity contribution in [1.82, 2.24) is 10.3 Å². The third kappa shape index (κ3) is 4.87. The average Bonchev–Trinajstić information content (AvgIpc) is 3.14. The topological polar surface area (TPSA) is 97.4 Å². The van der Waals surface area contributed by atoms with Crippen molar-refractivity contribution < 1.29 is 17.9 Å². The van der Waals surface area contributed by atoms with Crippen molar-refractivity contribution in [2.45, 2.75) is 18.4 Å². The molecule has 1 aromatic heterocycles. The van der Waals surface area contributed by atoms with E-state index in [0.717, 1.165) is 11.1 Å². The van der Waals surface area contributed by atoms with Gasteiger partial charge in [0.25, 0.3) is 10.0 Å². The summed E-state index contributed by atoms with van der Waals surface area (Å²) in [6.45, 7) is 1.93. The first-order valence-corrected chi connectivity index (χ1v) is 10.7. The van der Waals surface area contributed by atoms with E-state index in [1.165, 1.54) is 37.5 Å². The second kappa shape index (κ2) is 8.41. The Hall–Kier alpha value is -2.91. The van der Waals surface area contributed by atoms with E-state index in [1.807, 2.05) is 24.3 Å². The zero-order chi connectivity index (χ0) is 20.1. The van der Waals surface area contributed by atoms with Gasteiger partial charge in [-0.2, -0.15) is 0 Å². The monoisotopic (exact) mass is 417 g/mol.